The van der Waals surface area contributed by atoms with Gasteiger partial charge in [-0.3, -0.25) is 0 Å². The second kappa shape index (κ2) is 7.22. The molecule has 0 aliphatic rings. The monoisotopic (exact) mass is 289 g/mol. The molecular formula is C16H19NO2S. The van der Waals surface area contributed by atoms with Crippen molar-refractivity contribution in [3.8, 4) is 11.5 Å². The predicted octanol–water partition coefficient (Wildman–Crippen LogP) is 3.45. The lowest BCUT2D eigenvalue weighted by Crippen LogP contribution is -1.98. The first-order chi connectivity index (χ1) is 9.76. The van der Waals surface area contributed by atoms with Crippen LogP contribution in [-0.2, 0) is 12.3 Å². The fraction of sp³-hybridized carbons (Fsp3) is 0.250. The number of nitrogens with two attached hydrogens (primary N) is 1. The van der Waals surface area contributed by atoms with E-state index in [0.717, 1.165) is 28.4 Å². The second-order valence-electron chi connectivity index (χ2n) is 4.32. The number of hydrogen-bond donors (Lipinski definition) is 1. The van der Waals surface area contributed by atoms with Gasteiger partial charge in [0.25, 0.3) is 0 Å². The second-order valence-corrected chi connectivity index (χ2v) is 5.37. The summed E-state index contributed by atoms with van der Waals surface area (Å²) in [6.45, 7) is 0.542. The molecule has 0 saturated heterocycles. The zero-order valence-electron chi connectivity index (χ0n) is 11.8. The maximum Gasteiger partial charge on any atom is 0.122 e. The summed E-state index contributed by atoms with van der Waals surface area (Å²) in [5.74, 6) is 2.61. The van der Waals surface area contributed by atoms with Crippen LogP contribution in [0.25, 0.3) is 0 Å². The standard InChI is InChI=1S/C16H19NO2S/c1-18-14-4-3-5-15(9-14)20-11-13-8-12(10-17)6-7-16(13)19-2/h3-9H,10-11,17H2,1-2H3. The zero-order chi connectivity index (χ0) is 14.4. The summed E-state index contributed by atoms with van der Waals surface area (Å²) in [4.78, 5) is 1.17. The Hall–Kier alpha value is -1.65. The van der Waals surface area contributed by atoms with Gasteiger partial charge < -0.3 is 15.2 Å². The Morgan fingerprint density at radius 2 is 1.90 bits per heavy atom. The van der Waals surface area contributed by atoms with Crippen LogP contribution in [0.3, 0.4) is 0 Å². The molecule has 2 aromatic carbocycles. The van der Waals surface area contributed by atoms with Crippen molar-refractivity contribution in [2.75, 3.05) is 14.2 Å². The fourth-order valence-corrected chi connectivity index (χ4v) is 2.85. The third-order valence-corrected chi connectivity index (χ3v) is 4.06. The van der Waals surface area contributed by atoms with Gasteiger partial charge >= 0.3 is 0 Å². The fourth-order valence-electron chi connectivity index (χ4n) is 1.92. The summed E-state index contributed by atoms with van der Waals surface area (Å²) in [6, 6.07) is 14.1. The Morgan fingerprint density at radius 3 is 2.60 bits per heavy atom. The van der Waals surface area contributed by atoms with E-state index in [4.69, 9.17) is 15.2 Å². The smallest absolute Gasteiger partial charge is 0.122 e. The number of methoxy groups -OCH3 is 2. The van der Waals surface area contributed by atoms with Crippen LogP contribution in [0.1, 0.15) is 11.1 Å². The summed E-state index contributed by atoms with van der Waals surface area (Å²) >= 11 is 1.75. The van der Waals surface area contributed by atoms with Gasteiger partial charge in [-0.25, -0.2) is 0 Å². The minimum Gasteiger partial charge on any atom is -0.497 e. The van der Waals surface area contributed by atoms with E-state index in [1.54, 1.807) is 26.0 Å². The lowest BCUT2D eigenvalue weighted by molar-refractivity contribution is 0.411. The highest BCUT2D eigenvalue weighted by atomic mass is 32.2. The Labute approximate surface area is 124 Å². The molecule has 0 amide bonds. The zero-order valence-corrected chi connectivity index (χ0v) is 12.6. The van der Waals surface area contributed by atoms with E-state index < -0.39 is 0 Å². The minimum absolute atomic E-state index is 0.542. The molecule has 0 spiro atoms. The van der Waals surface area contributed by atoms with Gasteiger partial charge in [0.1, 0.15) is 11.5 Å². The molecule has 0 radical (unpaired) electrons. The van der Waals surface area contributed by atoms with Gasteiger partial charge in [0.2, 0.25) is 0 Å². The van der Waals surface area contributed by atoms with E-state index in [0.29, 0.717) is 6.54 Å². The molecular weight excluding hydrogens is 270 g/mol. The van der Waals surface area contributed by atoms with Gasteiger partial charge in [-0.2, -0.15) is 0 Å². The van der Waals surface area contributed by atoms with Crippen molar-refractivity contribution in [2.24, 2.45) is 5.73 Å². The molecule has 2 rings (SSSR count). The van der Waals surface area contributed by atoms with Crippen molar-refractivity contribution in [1.82, 2.24) is 0 Å². The van der Waals surface area contributed by atoms with E-state index in [9.17, 15) is 0 Å². The Kier molecular flexibility index (Phi) is 5.32. The molecule has 0 aliphatic heterocycles. The third-order valence-electron chi connectivity index (χ3n) is 3.02. The van der Waals surface area contributed by atoms with Crippen LogP contribution in [0.2, 0.25) is 0 Å². The SMILES string of the molecule is COc1cccc(SCc2cc(CN)ccc2OC)c1. The number of benzene rings is 2. The largest absolute Gasteiger partial charge is 0.497 e. The van der Waals surface area contributed by atoms with Crippen molar-refractivity contribution in [3.63, 3.8) is 0 Å². The first-order valence-electron chi connectivity index (χ1n) is 6.39. The van der Waals surface area contributed by atoms with Crippen LogP contribution < -0.4 is 15.2 Å². The van der Waals surface area contributed by atoms with Gasteiger partial charge in [-0.1, -0.05) is 12.1 Å². The van der Waals surface area contributed by atoms with Crippen molar-refractivity contribution in [2.45, 2.75) is 17.2 Å². The summed E-state index contributed by atoms with van der Waals surface area (Å²) in [7, 11) is 3.37. The van der Waals surface area contributed by atoms with Gasteiger partial charge in [0.05, 0.1) is 14.2 Å². The quantitative estimate of drug-likeness (QED) is 0.827. The molecule has 0 unspecified atom stereocenters. The van der Waals surface area contributed by atoms with Crippen LogP contribution in [0.5, 0.6) is 11.5 Å². The molecule has 0 atom stereocenters. The van der Waals surface area contributed by atoms with Crippen LogP contribution in [-0.4, -0.2) is 14.2 Å². The summed E-state index contributed by atoms with van der Waals surface area (Å²) < 4.78 is 10.6. The van der Waals surface area contributed by atoms with Crippen molar-refractivity contribution >= 4 is 11.8 Å². The first-order valence-corrected chi connectivity index (χ1v) is 7.38. The van der Waals surface area contributed by atoms with E-state index in [1.165, 1.54) is 4.90 Å². The van der Waals surface area contributed by atoms with Crippen LogP contribution in [0, 0.1) is 0 Å². The number of ether oxygens (including phenoxy) is 2. The molecule has 0 fully saturated rings. The molecule has 0 saturated carbocycles. The normalized spacial score (nSPS) is 10.3. The van der Waals surface area contributed by atoms with Crippen molar-refractivity contribution in [1.29, 1.82) is 0 Å². The van der Waals surface area contributed by atoms with E-state index >= 15 is 0 Å². The highest BCUT2D eigenvalue weighted by Gasteiger charge is 2.05. The Bertz CT molecular complexity index is 572. The van der Waals surface area contributed by atoms with E-state index in [-0.39, 0.29) is 0 Å². The van der Waals surface area contributed by atoms with Crippen molar-refractivity contribution < 1.29 is 9.47 Å². The molecule has 2 aromatic rings. The molecule has 0 bridgehead atoms. The third kappa shape index (κ3) is 3.68. The highest BCUT2D eigenvalue weighted by Crippen LogP contribution is 2.30. The van der Waals surface area contributed by atoms with Crippen LogP contribution >= 0.6 is 11.8 Å². The lowest BCUT2D eigenvalue weighted by atomic mass is 10.1. The predicted molar refractivity (Wildman–Crippen MR) is 83.4 cm³/mol. The van der Waals surface area contributed by atoms with E-state index in [1.807, 2.05) is 30.3 Å². The number of thioether (sulfide) groups is 1. The number of rotatable bonds is 6. The molecule has 0 aromatic heterocycles. The molecule has 2 N–H and O–H groups in total. The summed E-state index contributed by atoms with van der Waals surface area (Å²) in [6.07, 6.45) is 0. The number of hydrogen-bond acceptors (Lipinski definition) is 4. The Balaban J connectivity index is 2.12. The van der Waals surface area contributed by atoms with Gasteiger partial charge in [-0.15, -0.1) is 11.8 Å². The average Bonchev–Trinajstić information content (AvgIpc) is 2.52. The van der Waals surface area contributed by atoms with Crippen LogP contribution in [0.15, 0.2) is 47.4 Å². The van der Waals surface area contributed by atoms with Gasteiger partial charge in [0, 0.05) is 22.8 Å². The topological polar surface area (TPSA) is 44.5 Å². The maximum atomic E-state index is 5.69. The van der Waals surface area contributed by atoms with Gasteiger partial charge in [0.15, 0.2) is 0 Å². The first kappa shape index (κ1) is 14.8. The average molecular weight is 289 g/mol. The van der Waals surface area contributed by atoms with Gasteiger partial charge in [-0.05, 0) is 35.9 Å². The summed E-state index contributed by atoms with van der Waals surface area (Å²) in [5.41, 5.74) is 7.96. The van der Waals surface area contributed by atoms with Crippen molar-refractivity contribution in [3.05, 3.63) is 53.6 Å². The molecule has 0 heterocycles. The minimum atomic E-state index is 0.542. The molecule has 20 heavy (non-hydrogen) atoms. The van der Waals surface area contributed by atoms with Crippen LogP contribution in [0.4, 0.5) is 0 Å². The molecule has 106 valence electrons. The summed E-state index contributed by atoms with van der Waals surface area (Å²) in [5, 5.41) is 0. The molecule has 4 heteroatoms. The molecule has 3 nitrogen and oxygen atoms in total. The molecule has 0 aliphatic carbocycles. The lowest BCUT2D eigenvalue weighted by Gasteiger charge is -2.10. The highest BCUT2D eigenvalue weighted by molar-refractivity contribution is 7.98. The maximum absolute atomic E-state index is 5.69. The van der Waals surface area contributed by atoms with E-state index in [2.05, 4.69) is 12.1 Å². The Morgan fingerprint density at radius 1 is 1.05 bits per heavy atom.